The summed E-state index contributed by atoms with van der Waals surface area (Å²) in [7, 11) is 0. The van der Waals surface area contributed by atoms with Crippen molar-refractivity contribution in [2.75, 3.05) is 6.54 Å². The summed E-state index contributed by atoms with van der Waals surface area (Å²) in [5.41, 5.74) is 0.735. The van der Waals surface area contributed by atoms with Crippen molar-refractivity contribution in [2.24, 2.45) is 17.3 Å². The van der Waals surface area contributed by atoms with E-state index in [4.69, 9.17) is 0 Å². The van der Waals surface area contributed by atoms with Gasteiger partial charge in [0.2, 0.25) is 0 Å². The molecule has 18 heavy (non-hydrogen) atoms. The summed E-state index contributed by atoms with van der Waals surface area (Å²) in [6.45, 7) is 19.7. The predicted octanol–water partition coefficient (Wildman–Crippen LogP) is 5.25. The summed E-state index contributed by atoms with van der Waals surface area (Å²) in [4.78, 5) is 0. The smallest absolute Gasteiger partial charge is 0.00966 e. The third-order valence-corrected chi connectivity index (χ3v) is 3.26. The van der Waals surface area contributed by atoms with E-state index >= 15 is 0 Å². The van der Waals surface area contributed by atoms with Crippen LogP contribution < -0.4 is 5.32 Å². The van der Waals surface area contributed by atoms with Crippen LogP contribution in [0.5, 0.6) is 0 Å². The summed E-state index contributed by atoms with van der Waals surface area (Å²) in [6, 6.07) is 0. The second-order valence-electron chi connectivity index (χ2n) is 8.58. The third-order valence-electron chi connectivity index (χ3n) is 3.26. The molecule has 1 nitrogen and oxygen atoms in total. The Bertz CT molecular complexity index is 205. The number of hydrogen-bond acceptors (Lipinski definition) is 1. The first-order valence-electron chi connectivity index (χ1n) is 7.74. The standard InChI is InChI=1S/C17H37N/c1-14(2)12-15(13-18-17(6,7)8)10-9-11-16(3,4)5/h14-15,18H,9-13H2,1-8H3. The SMILES string of the molecule is CC(C)CC(CCCC(C)(C)C)CNC(C)(C)C. The van der Waals surface area contributed by atoms with Gasteiger partial charge in [0.1, 0.15) is 0 Å². The van der Waals surface area contributed by atoms with E-state index in [9.17, 15) is 0 Å². The minimum atomic E-state index is 0.249. The van der Waals surface area contributed by atoms with Crippen molar-refractivity contribution >= 4 is 0 Å². The van der Waals surface area contributed by atoms with Crippen LogP contribution in [0.4, 0.5) is 0 Å². The first-order valence-corrected chi connectivity index (χ1v) is 7.74. The van der Waals surface area contributed by atoms with Crippen molar-refractivity contribution in [3.8, 4) is 0 Å². The van der Waals surface area contributed by atoms with Crippen molar-refractivity contribution in [1.82, 2.24) is 5.32 Å². The molecular formula is C17H37N. The average molecular weight is 255 g/mol. The average Bonchev–Trinajstić information content (AvgIpc) is 2.09. The molecule has 0 aromatic heterocycles. The van der Waals surface area contributed by atoms with Gasteiger partial charge in [-0.05, 0) is 63.8 Å². The molecule has 0 aliphatic heterocycles. The largest absolute Gasteiger partial charge is 0.312 e. The molecule has 0 radical (unpaired) electrons. The van der Waals surface area contributed by atoms with Crippen molar-refractivity contribution in [3.05, 3.63) is 0 Å². The highest BCUT2D eigenvalue weighted by Gasteiger charge is 2.17. The van der Waals surface area contributed by atoms with E-state index < -0.39 is 0 Å². The van der Waals surface area contributed by atoms with Crippen LogP contribution in [0.3, 0.4) is 0 Å². The Morgan fingerprint density at radius 1 is 0.944 bits per heavy atom. The maximum Gasteiger partial charge on any atom is 0.00966 e. The highest BCUT2D eigenvalue weighted by Crippen LogP contribution is 2.25. The molecule has 0 aliphatic carbocycles. The Hall–Kier alpha value is -0.0400. The van der Waals surface area contributed by atoms with Crippen LogP contribution in [0.25, 0.3) is 0 Å². The third kappa shape index (κ3) is 12.4. The summed E-state index contributed by atoms with van der Waals surface area (Å²) in [6.07, 6.45) is 5.44. The molecule has 1 N–H and O–H groups in total. The fraction of sp³-hybridized carbons (Fsp3) is 1.00. The van der Waals surface area contributed by atoms with Gasteiger partial charge in [-0.3, -0.25) is 0 Å². The van der Waals surface area contributed by atoms with Gasteiger partial charge < -0.3 is 5.32 Å². The van der Waals surface area contributed by atoms with Crippen LogP contribution in [0, 0.1) is 17.3 Å². The summed E-state index contributed by atoms with van der Waals surface area (Å²) in [5.74, 6) is 1.65. The molecule has 110 valence electrons. The van der Waals surface area contributed by atoms with Crippen molar-refractivity contribution in [1.29, 1.82) is 0 Å². The zero-order valence-corrected chi connectivity index (χ0v) is 14.2. The zero-order chi connectivity index (χ0) is 14.4. The maximum atomic E-state index is 3.67. The van der Waals surface area contributed by atoms with E-state index in [0.717, 1.165) is 11.8 Å². The molecular weight excluding hydrogens is 218 g/mol. The molecule has 0 aromatic rings. The van der Waals surface area contributed by atoms with Gasteiger partial charge in [-0.15, -0.1) is 0 Å². The van der Waals surface area contributed by atoms with Crippen molar-refractivity contribution in [2.45, 2.75) is 86.6 Å². The Balaban J connectivity index is 4.07. The molecule has 0 saturated heterocycles. The molecule has 0 amide bonds. The quantitative estimate of drug-likeness (QED) is 0.655. The molecule has 0 heterocycles. The van der Waals surface area contributed by atoms with Gasteiger partial charge in [0.15, 0.2) is 0 Å². The van der Waals surface area contributed by atoms with Gasteiger partial charge in [0, 0.05) is 5.54 Å². The second-order valence-corrected chi connectivity index (χ2v) is 8.58. The zero-order valence-electron chi connectivity index (χ0n) is 14.2. The Labute approximate surface area is 116 Å². The van der Waals surface area contributed by atoms with Gasteiger partial charge >= 0.3 is 0 Å². The topological polar surface area (TPSA) is 12.0 Å². The summed E-state index contributed by atoms with van der Waals surface area (Å²) < 4.78 is 0. The second kappa shape index (κ2) is 7.53. The van der Waals surface area contributed by atoms with Gasteiger partial charge in [-0.2, -0.15) is 0 Å². The van der Waals surface area contributed by atoms with Crippen molar-refractivity contribution in [3.63, 3.8) is 0 Å². The minimum absolute atomic E-state index is 0.249. The normalized spacial score (nSPS) is 15.2. The Morgan fingerprint density at radius 2 is 1.50 bits per heavy atom. The summed E-state index contributed by atoms with van der Waals surface area (Å²) in [5, 5.41) is 3.67. The molecule has 1 heteroatoms. The molecule has 0 spiro atoms. The van der Waals surface area contributed by atoms with Gasteiger partial charge in [-0.25, -0.2) is 0 Å². The molecule has 1 atom stereocenters. The Kier molecular flexibility index (Phi) is 7.51. The van der Waals surface area contributed by atoms with E-state index in [1.54, 1.807) is 0 Å². The van der Waals surface area contributed by atoms with Crippen LogP contribution in [0.2, 0.25) is 0 Å². The van der Waals surface area contributed by atoms with E-state index in [0.29, 0.717) is 5.41 Å². The molecule has 0 fully saturated rings. The fourth-order valence-electron chi connectivity index (χ4n) is 2.34. The first kappa shape index (κ1) is 18.0. The van der Waals surface area contributed by atoms with Crippen LogP contribution in [0.15, 0.2) is 0 Å². The lowest BCUT2D eigenvalue weighted by Gasteiger charge is -2.27. The van der Waals surface area contributed by atoms with Gasteiger partial charge in [-0.1, -0.05) is 41.0 Å². The lowest BCUT2D eigenvalue weighted by molar-refractivity contribution is 0.289. The molecule has 1 unspecified atom stereocenters. The van der Waals surface area contributed by atoms with E-state index in [1.807, 2.05) is 0 Å². The molecule has 0 bridgehead atoms. The molecule has 0 saturated carbocycles. The lowest BCUT2D eigenvalue weighted by atomic mass is 9.85. The monoisotopic (exact) mass is 255 g/mol. The predicted molar refractivity (Wildman–Crippen MR) is 84.0 cm³/mol. The van der Waals surface area contributed by atoms with E-state index in [-0.39, 0.29) is 5.54 Å². The lowest BCUT2D eigenvalue weighted by Crippen LogP contribution is -2.39. The maximum absolute atomic E-state index is 3.67. The van der Waals surface area contributed by atoms with E-state index in [2.05, 4.69) is 60.7 Å². The van der Waals surface area contributed by atoms with E-state index in [1.165, 1.54) is 32.2 Å². The molecule has 0 rings (SSSR count). The van der Waals surface area contributed by atoms with Crippen LogP contribution in [-0.2, 0) is 0 Å². The minimum Gasteiger partial charge on any atom is -0.312 e. The number of hydrogen-bond donors (Lipinski definition) is 1. The van der Waals surface area contributed by atoms with Crippen LogP contribution in [0.1, 0.15) is 81.1 Å². The molecule has 0 aliphatic rings. The molecule has 0 aromatic carbocycles. The van der Waals surface area contributed by atoms with Gasteiger partial charge in [0.25, 0.3) is 0 Å². The first-order chi connectivity index (χ1) is 7.99. The fourth-order valence-corrected chi connectivity index (χ4v) is 2.34. The van der Waals surface area contributed by atoms with Crippen LogP contribution >= 0.6 is 0 Å². The highest BCUT2D eigenvalue weighted by molar-refractivity contribution is 4.74. The highest BCUT2D eigenvalue weighted by atomic mass is 14.9. The van der Waals surface area contributed by atoms with Gasteiger partial charge in [0.05, 0.1) is 0 Å². The number of nitrogens with one attached hydrogen (secondary N) is 1. The van der Waals surface area contributed by atoms with Crippen molar-refractivity contribution < 1.29 is 0 Å². The van der Waals surface area contributed by atoms with Crippen LogP contribution in [-0.4, -0.2) is 12.1 Å². The Morgan fingerprint density at radius 3 is 1.89 bits per heavy atom. The number of rotatable bonds is 7. The summed E-state index contributed by atoms with van der Waals surface area (Å²) >= 11 is 0.